The van der Waals surface area contributed by atoms with Crippen LogP contribution in [0.4, 0.5) is 11.4 Å². The zero-order chi connectivity index (χ0) is 21.7. The van der Waals surface area contributed by atoms with Crippen molar-refractivity contribution in [2.75, 3.05) is 44.6 Å². The summed E-state index contributed by atoms with van der Waals surface area (Å²) in [6, 6.07) is 15.6. The number of carbonyl (C=O) groups is 1. The number of anilines is 2. The topological polar surface area (TPSA) is 36.7 Å². The molecule has 1 heterocycles. The molecule has 3 aromatic rings. The van der Waals surface area contributed by atoms with Crippen LogP contribution in [0.25, 0.3) is 21.8 Å². The zero-order valence-electron chi connectivity index (χ0n) is 18.9. The van der Waals surface area contributed by atoms with Crippen molar-refractivity contribution in [2.24, 2.45) is 0 Å². The molecule has 0 aliphatic carbocycles. The molecule has 0 aliphatic heterocycles. The molecular weight excluding hydrogens is 374 g/mol. The summed E-state index contributed by atoms with van der Waals surface area (Å²) in [5.74, 6) is -0.0907. The molecular formula is C25H34N3O2+. The fraction of sp³-hybridized carbons (Fsp3) is 0.440. The van der Waals surface area contributed by atoms with Crippen LogP contribution >= 0.6 is 0 Å². The zero-order valence-corrected chi connectivity index (χ0v) is 18.9. The number of pyridine rings is 1. The monoisotopic (exact) mass is 408 g/mol. The van der Waals surface area contributed by atoms with Gasteiger partial charge in [-0.15, -0.1) is 0 Å². The van der Waals surface area contributed by atoms with E-state index in [1.54, 1.807) is 0 Å². The van der Waals surface area contributed by atoms with Gasteiger partial charge in [0.2, 0.25) is 11.0 Å². The maximum atomic E-state index is 11.6. The number of carbonyl (C=O) groups excluding carboxylic acids is 1. The van der Waals surface area contributed by atoms with E-state index in [-0.39, 0.29) is 5.97 Å². The molecule has 0 fully saturated rings. The highest BCUT2D eigenvalue weighted by atomic mass is 16.5. The van der Waals surface area contributed by atoms with Gasteiger partial charge in [-0.1, -0.05) is 0 Å². The molecule has 3 rings (SSSR count). The molecule has 160 valence electrons. The van der Waals surface area contributed by atoms with Crippen molar-refractivity contribution >= 4 is 39.1 Å². The average molecular weight is 409 g/mol. The first-order chi connectivity index (χ1) is 14.4. The summed E-state index contributed by atoms with van der Waals surface area (Å²) in [5.41, 5.74) is 4.88. The maximum Gasteiger partial charge on any atom is 0.305 e. The van der Waals surface area contributed by atoms with Crippen molar-refractivity contribution in [1.82, 2.24) is 0 Å². The number of ether oxygens (including phenoxy) is 1. The molecule has 5 nitrogen and oxygen atoms in total. The molecule has 0 aliphatic rings. The van der Waals surface area contributed by atoms with Crippen molar-refractivity contribution in [2.45, 2.75) is 39.2 Å². The van der Waals surface area contributed by atoms with E-state index in [1.807, 2.05) is 6.92 Å². The molecule has 30 heavy (non-hydrogen) atoms. The van der Waals surface area contributed by atoms with E-state index in [0.29, 0.717) is 13.0 Å². The second-order valence-corrected chi connectivity index (χ2v) is 8.19. The van der Waals surface area contributed by atoms with Crippen LogP contribution < -0.4 is 14.4 Å². The van der Waals surface area contributed by atoms with Crippen LogP contribution in [-0.2, 0) is 16.1 Å². The standard InChI is InChI=1S/C25H34N3O2/c1-6-30-25(29)10-8-7-9-15-28-23-17-21(26(2)3)13-11-19(23)16-20-12-14-22(27(4)5)18-24(20)28/h11-14,16-18H,6-10,15H2,1-5H3/q+1. The number of hydrogen-bond donors (Lipinski definition) is 0. The van der Waals surface area contributed by atoms with Crippen molar-refractivity contribution in [3.63, 3.8) is 0 Å². The summed E-state index contributed by atoms with van der Waals surface area (Å²) < 4.78 is 7.48. The average Bonchev–Trinajstić information content (AvgIpc) is 2.72. The number of nitrogens with zero attached hydrogens (tertiary/aromatic N) is 3. The van der Waals surface area contributed by atoms with Gasteiger partial charge in [0, 0.05) is 75.3 Å². The van der Waals surface area contributed by atoms with Crippen molar-refractivity contribution < 1.29 is 14.1 Å². The predicted molar refractivity (Wildman–Crippen MR) is 125 cm³/mol. The molecule has 5 heteroatoms. The third-order valence-electron chi connectivity index (χ3n) is 5.52. The van der Waals surface area contributed by atoms with Crippen molar-refractivity contribution in [3.05, 3.63) is 42.5 Å². The lowest BCUT2D eigenvalue weighted by Gasteiger charge is -2.15. The van der Waals surface area contributed by atoms with Gasteiger partial charge in [-0.3, -0.25) is 4.79 Å². The Bertz CT molecular complexity index is 962. The predicted octanol–water partition coefficient (Wildman–Crippen LogP) is 4.54. The van der Waals surface area contributed by atoms with Gasteiger partial charge < -0.3 is 14.5 Å². The summed E-state index contributed by atoms with van der Waals surface area (Å²) in [7, 11) is 8.30. The second kappa shape index (κ2) is 9.79. The third-order valence-corrected chi connectivity index (χ3v) is 5.52. The Morgan fingerprint density at radius 2 is 1.40 bits per heavy atom. The second-order valence-electron chi connectivity index (χ2n) is 8.19. The molecule has 0 radical (unpaired) electrons. The van der Waals surface area contributed by atoms with E-state index in [2.05, 4.69) is 85.0 Å². The number of benzene rings is 2. The SMILES string of the molecule is CCOC(=O)CCCCC[n+]1c2cc(N(C)C)ccc2cc2ccc(N(C)C)cc21. The lowest BCUT2D eigenvalue weighted by molar-refractivity contribution is -0.645. The minimum absolute atomic E-state index is 0.0907. The van der Waals surface area contributed by atoms with E-state index in [9.17, 15) is 4.79 Å². The highest BCUT2D eigenvalue weighted by molar-refractivity contribution is 5.91. The Labute approximate surface area is 179 Å². The maximum absolute atomic E-state index is 11.6. The van der Waals surface area contributed by atoms with Gasteiger partial charge >= 0.3 is 5.97 Å². The molecule has 0 amide bonds. The lowest BCUT2D eigenvalue weighted by Crippen LogP contribution is -2.36. The van der Waals surface area contributed by atoms with E-state index in [4.69, 9.17) is 4.74 Å². The minimum Gasteiger partial charge on any atom is -0.466 e. The third kappa shape index (κ3) is 5.02. The molecule has 0 saturated heterocycles. The number of rotatable bonds is 9. The summed E-state index contributed by atoms with van der Waals surface area (Å²) in [6.45, 7) is 3.23. The fourth-order valence-electron chi connectivity index (χ4n) is 3.82. The highest BCUT2D eigenvalue weighted by Crippen LogP contribution is 2.25. The van der Waals surface area contributed by atoms with Gasteiger partial charge in [-0.25, -0.2) is 0 Å². The van der Waals surface area contributed by atoms with Gasteiger partial charge in [0.15, 0.2) is 0 Å². The van der Waals surface area contributed by atoms with Crippen LogP contribution in [0.3, 0.4) is 0 Å². The Morgan fingerprint density at radius 1 is 0.833 bits per heavy atom. The minimum atomic E-state index is -0.0907. The Morgan fingerprint density at radius 3 is 1.90 bits per heavy atom. The normalized spacial score (nSPS) is 11.1. The highest BCUT2D eigenvalue weighted by Gasteiger charge is 2.17. The van der Waals surface area contributed by atoms with Crippen LogP contribution in [0.5, 0.6) is 0 Å². The van der Waals surface area contributed by atoms with E-state index < -0.39 is 0 Å². The summed E-state index contributed by atoms with van der Waals surface area (Å²) in [6.07, 6.45) is 3.40. The van der Waals surface area contributed by atoms with Crippen LogP contribution in [0.15, 0.2) is 42.5 Å². The first-order valence-electron chi connectivity index (χ1n) is 10.8. The Kier molecular flexibility index (Phi) is 7.14. The van der Waals surface area contributed by atoms with Gasteiger partial charge in [-0.05, 0) is 50.1 Å². The first-order valence-corrected chi connectivity index (χ1v) is 10.8. The molecule has 0 unspecified atom stereocenters. The largest absolute Gasteiger partial charge is 0.466 e. The van der Waals surface area contributed by atoms with Crippen LogP contribution in [0.2, 0.25) is 0 Å². The number of aryl methyl sites for hydroxylation is 1. The Balaban J connectivity index is 1.94. The number of hydrogen-bond acceptors (Lipinski definition) is 4. The molecule has 2 aromatic carbocycles. The van der Waals surface area contributed by atoms with E-state index >= 15 is 0 Å². The van der Waals surface area contributed by atoms with Crippen LogP contribution in [0.1, 0.15) is 32.6 Å². The summed E-state index contributed by atoms with van der Waals surface area (Å²) >= 11 is 0. The van der Waals surface area contributed by atoms with Crippen molar-refractivity contribution in [1.29, 1.82) is 0 Å². The fourth-order valence-corrected chi connectivity index (χ4v) is 3.82. The first kappa shape index (κ1) is 21.9. The number of esters is 1. The smallest absolute Gasteiger partial charge is 0.305 e. The molecule has 0 spiro atoms. The quantitative estimate of drug-likeness (QED) is 0.225. The molecule has 0 bridgehead atoms. The van der Waals surface area contributed by atoms with Gasteiger partial charge in [0.05, 0.1) is 6.61 Å². The van der Waals surface area contributed by atoms with Crippen LogP contribution in [-0.4, -0.2) is 40.8 Å². The van der Waals surface area contributed by atoms with Gasteiger partial charge in [0.25, 0.3) is 0 Å². The van der Waals surface area contributed by atoms with E-state index in [1.165, 1.54) is 33.2 Å². The molecule has 1 aromatic heterocycles. The van der Waals surface area contributed by atoms with E-state index in [0.717, 1.165) is 25.8 Å². The summed E-state index contributed by atoms with van der Waals surface area (Å²) in [5, 5.41) is 2.49. The lowest BCUT2D eigenvalue weighted by atomic mass is 10.1. The van der Waals surface area contributed by atoms with Crippen LogP contribution in [0, 0.1) is 0 Å². The molecule has 0 N–H and O–H groups in total. The summed E-state index contributed by atoms with van der Waals surface area (Å²) in [4.78, 5) is 15.9. The van der Waals surface area contributed by atoms with Crippen molar-refractivity contribution in [3.8, 4) is 0 Å². The molecule has 0 atom stereocenters. The number of aromatic nitrogens is 1. The Hall–Kier alpha value is -2.82. The van der Waals surface area contributed by atoms with Gasteiger partial charge in [0.1, 0.15) is 6.54 Å². The van der Waals surface area contributed by atoms with Gasteiger partial charge in [-0.2, -0.15) is 4.57 Å². The number of fused-ring (bicyclic) bond motifs is 2. The number of unbranched alkanes of at least 4 members (excludes halogenated alkanes) is 2. The molecule has 0 saturated carbocycles.